The van der Waals surface area contributed by atoms with Crippen molar-refractivity contribution in [3.8, 4) is 5.75 Å². The summed E-state index contributed by atoms with van der Waals surface area (Å²) < 4.78 is 9.93. The van der Waals surface area contributed by atoms with Gasteiger partial charge >= 0.3 is 5.97 Å². The topological polar surface area (TPSA) is 84.4 Å². The number of pyridine rings is 1. The molecule has 0 radical (unpaired) electrons. The van der Waals surface area contributed by atoms with Crippen LogP contribution in [0.2, 0.25) is 0 Å². The van der Waals surface area contributed by atoms with Gasteiger partial charge in [-0.3, -0.25) is 4.98 Å². The second-order valence-electron chi connectivity index (χ2n) is 5.01. The molecule has 0 spiro atoms. The van der Waals surface area contributed by atoms with E-state index in [1.165, 1.54) is 13.3 Å². The number of H-pyrrole nitrogens is 1. The molecule has 0 saturated heterocycles. The average Bonchev–Trinajstić information content (AvgIpc) is 3.04. The first-order valence-electron chi connectivity index (χ1n) is 7.02. The number of carbonyl (C=O) groups excluding carboxylic acids is 1. The van der Waals surface area contributed by atoms with Crippen LogP contribution in [0.3, 0.4) is 0 Å². The molecule has 1 aromatic carbocycles. The number of nitrogens with zero attached hydrogens (tertiary/aromatic N) is 1. The summed E-state index contributed by atoms with van der Waals surface area (Å²) in [6, 6.07) is 10.5. The van der Waals surface area contributed by atoms with E-state index in [0.29, 0.717) is 33.6 Å². The van der Waals surface area contributed by atoms with E-state index in [9.17, 15) is 9.90 Å². The molecule has 6 heteroatoms. The van der Waals surface area contributed by atoms with Crippen molar-refractivity contribution in [2.24, 2.45) is 0 Å². The van der Waals surface area contributed by atoms with E-state index in [2.05, 4.69) is 9.97 Å². The number of nitrogens with one attached hydrogen (secondary N) is 1. The number of methoxy groups -OCH3 is 2. The van der Waals surface area contributed by atoms with Gasteiger partial charge in [-0.25, -0.2) is 4.79 Å². The van der Waals surface area contributed by atoms with Crippen molar-refractivity contribution in [3.63, 3.8) is 0 Å². The monoisotopic (exact) mass is 312 g/mol. The zero-order valence-electron chi connectivity index (χ0n) is 12.7. The number of ether oxygens (including phenoxy) is 2. The average molecular weight is 312 g/mol. The highest BCUT2D eigenvalue weighted by atomic mass is 16.5. The molecule has 23 heavy (non-hydrogen) atoms. The Morgan fingerprint density at radius 2 is 2.09 bits per heavy atom. The number of esters is 1. The number of hydrogen-bond acceptors (Lipinski definition) is 5. The number of aliphatic hydroxyl groups excluding tert-OH is 1. The molecule has 118 valence electrons. The van der Waals surface area contributed by atoms with Crippen LogP contribution >= 0.6 is 0 Å². The minimum Gasteiger partial charge on any atom is -0.497 e. The van der Waals surface area contributed by atoms with Gasteiger partial charge in [0.2, 0.25) is 0 Å². The lowest BCUT2D eigenvalue weighted by Gasteiger charge is -2.10. The van der Waals surface area contributed by atoms with Gasteiger partial charge in [0.25, 0.3) is 0 Å². The van der Waals surface area contributed by atoms with E-state index >= 15 is 0 Å². The first kappa shape index (κ1) is 15.1. The van der Waals surface area contributed by atoms with Crippen LogP contribution in [-0.4, -0.2) is 35.3 Å². The molecular weight excluding hydrogens is 296 g/mol. The van der Waals surface area contributed by atoms with Gasteiger partial charge in [0.05, 0.1) is 36.5 Å². The summed E-state index contributed by atoms with van der Waals surface area (Å²) >= 11 is 0. The van der Waals surface area contributed by atoms with Crippen LogP contribution in [0.15, 0.2) is 42.6 Å². The van der Waals surface area contributed by atoms with Crippen molar-refractivity contribution in [1.82, 2.24) is 9.97 Å². The highest BCUT2D eigenvalue weighted by Crippen LogP contribution is 2.27. The van der Waals surface area contributed by atoms with E-state index in [4.69, 9.17) is 9.47 Å². The molecule has 2 heterocycles. The fourth-order valence-electron chi connectivity index (χ4n) is 2.46. The third-order valence-corrected chi connectivity index (χ3v) is 3.65. The molecule has 0 amide bonds. The highest BCUT2D eigenvalue weighted by Gasteiger charge is 2.18. The summed E-state index contributed by atoms with van der Waals surface area (Å²) in [5.41, 5.74) is 2.72. The largest absolute Gasteiger partial charge is 0.497 e. The maximum absolute atomic E-state index is 11.8. The SMILES string of the molecule is COC(=O)c1ccnc2cc(C(O)c3cccc(OC)c3)[nH]c12. The Bertz CT molecular complexity index is 857. The van der Waals surface area contributed by atoms with Crippen molar-refractivity contribution in [1.29, 1.82) is 0 Å². The first-order valence-corrected chi connectivity index (χ1v) is 7.02. The summed E-state index contributed by atoms with van der Waals surface area (Å²) in [4.78, 5) is 19.1. The standard InChI is InChI=1S/C17H16N2O4/c1-22-11-5-3-4-10(8-11)16(20)14-9-13-15(19-14)12(6-7-18-13)17(21)23-2/h3-9,16,19-20H,1-2H3. The summed E-state index contributed by atoms with van der Waals surface area (Å²) in [5.74, 6) is 0.202. The fraction of sp³-hybridized carbons (Fsp3) is 0.176. The molecule has 0 bridgehead atoms. The lowest BCUT2D eigenvalue weighted by atomic mass is 10.1. The fourth-order valence-corrected chi connectivity index (χ4v) is 2.46. The number of aromatic nitrogens is 2. The molecule has 6 nitrogen and oxygen atoms in total. The van der Waals surface area contributed by atoms with Crippen LogP contribution in [0.25, 0.3) is 11.0 Å². The van der Waals surface area contributed by atoms with Gasteiger partial charge in [0.15, 0.2) is 0 Å². The number of fused-ring (bicyclic) bond motifs is 1. The molecule has 3 rings (SSSR count). The summed E-state index contributed by atoms with van der Waals surface area (Å²) in [5, 5.41) is 10.6. The molecule has 3 aromatic rings. The van der Waals surface area contributed by atoms with Crippen molar-refractivity contribution in [3.05, 3.63) is 59.4 Å². The van der Waals surface area contributed by atoms with Crippen molar-refractivity contribution >= 4 is 17.0 Å². The molecular formula is C17H16N2O4. The Kier molecular flexibility index (Phi) is 3.99. The lowest BCUT2D eigenvalue weighted by molar-refractivity contribution is 0.0602. The number of rotatable bonds is 4. The van der Waals surface area contributed by atoms with Gasteiger partial charge in [0, 0.05) is 6.20 Å². The molecule has 2 aromatic heterocycles. The molecule has 0 saturated carbocycles. The van der Waals surface area contributed by atoms with Crippen LogP contribution < -0.4 is 4.74 Å². The first-order chi connectivity index (χ1) is 11.1. The smallest absolute Gasteiger partial charge is 0.340 e. The predicted octanol–water partition coefficient (Wildman–Crippen LogP) is 2.44. The van der Waals surface area contributed by atoms with E-state index in [-0.39, 0.29) is 0 Å². The minimum absolute atomic E-state index is 0.376. The predicted molar refractivity (Wildman–Crippen MR) is 84.5 cm³/mol. The Hall–Kier alpha value is -2.86. The van der Waals surface area contributed by atoms with Crippen LogP contribution in [0.4, 0.5) is 0 Å². The zero-order valence-corrected chi connectivity index (χ0v) is 12.7. The number of aliphatic hydroxyl groups is 1. The number of benzene rings is 1. The number of carbonyl (C=O) groups is 1. The number of hydrogen-bond donors (Lipinski definition) is 2. The van der Waals surface area contributed by atoms with Crippen LogP contribution in [0.5, 0.6) is 5.75 Å². The molecule has 0 aliphatic heterocycles. The maximum Gasteiger partial charge on any atom is 0.340 e. The Morgan fingerprint density at radius 3 is 2.83 bits per heavy atom. The van der Waals surface area contributed by atoms with E-state index < -0.39 is 12.1 Å². The van der Waals surface area contributed by atoms with E-state index in [1.807, 2.05) is 0 Å². The van der Waals surface area contributed by atoms with Crippen molar-refractivity contribution in [2.75, 3.05) is 14.2 Å². The van der Waals surface area contributed by atoms with Crippen LogP contribution in [0.1, 0.15) is 27.7 Å². The molecule has 0 aliphatic carbocycles. The molecule has 1 atom stereocenters. The Morgan fingerprint density at radius 1 is 1.26 bits per heavy atom. The van der Waals surface area contributed by atoms with Gasteiger partial charge in [0.1, 0.15) is 11.9 Å². The van der Waals surface area contributed by atoms with Gasteiger partial charge in [-0.05, 0) is 29.8 Å². The third kappa shape index (κ3) is 2.76. The Balaban J connectivity index is 2.04. The zero-order chi connectivity index (χ0) is 16.4. The van der Waals surface area contributed by atoms with Crippen molar-refractivity contribution < 1.29 is 19.4 Å². The van der Waals surface area contributed by atoms with Gasteiger partial charge in [-0.1, -0.05) is 12.1 Å². The highest BCUT2D eigenvalue weighted by molar-refractivity contribution is 6.01. The van der Waals surface area contributed by atoms with Crippen molar-refractivity contribution in [2.45, 2.75) is 6.10 Å². The summed E-state index contributed by atoms with van der Waals surface area (Å²) in [6.45, 7) is 0. The van der Waals surface area contributed by atoms with E-state index in [1.54, 1.807) is 43.5 Å². The van der Waals surface area contributed by atoms with Gasteiger partial charge < -0.3 is 19.6 Å². The summed E-state index contributed by atoms with van der Waals surface area (Å²) in [7, 11) is 2.89. The second-order valence-corrected chi connectivity index (χ2v) is 5.01. The molecule has 2 N–H and O–H groups in total. The van der Waals surface area contributed by atoms with E-state index in [0.717, 1.165) is 0 Å². The van der Waals surface area contributed by atoms with Gasteiger partial charge in [-0.2, -0.15) is 0 Å². The molecule has 0 aliphatic rings. The minimum atomic E-state index is -0.884. The van der Waals surface area contributed by atoms with Gasteiger partial charge in [-0.15, -0.1) is 0 Å². The van der Waals surface area contributed by atoms with Crippen LogP contribution in [0, 0.1) is 0 Å². The Labute approximate surface area is 132 Å². The third-order valence-electron chi connectivity index (χ3n) is 3.65. The maximum atomic E-state index is 11.8. The van der Waals surface area contributed by atoms with Crippen LogP contribution in [-0.2, 0) is 4.74 Å². The number of aromatic amines is 1. The molecule has 0 fully saturated rings. The summed E-state index contributed by atoms with van der Waals surface area (Å²) in [6.07, 6.45) is 0.647. The normalized spacial score (nSPS) is 12.1. The second kappa shape index (κ2) is 6.10. The molecule has 1 unspecified atom stereocenters. The quantitative estimate of drug-likeness (QED) is 0.723. The lowest BCUT2D eigenvalue weighted by Crippen LogP contribution is -2.03.